The average molecular weight is 484 g/mol. The summed E-state index contributed by atoms with van der Waals surface area (Å²) in [5.74, 6) is 0. The van der Waals surface area contributed by atoms with Crippen LogP contribution in [0.5, 0.6) is 0 Å². The molecule has 0 bridgehead atoms. The van der Waals surface area contributed by atoms with Crippen LogP contribution in [-0.2, 0) is 0 Å². The summed E-state index contributed by atoms with van der Waals surface area (Å²) in [4.78, 5) is 5.13. The van der Waals surface area contributed by atoms with Gasteiger partial charge in [-0.25, -0.2) is 0 Å². The molecule has 0 saturated carbocycles. The van der Waals surface area contributed by atoms with Gasteiger partial charge in [0.2, 0.25) is 0 Å². The summed E-state index contributed by atoms with van der Waals surface area (Å²) in [6.07, 6.45) is 0. The Labute approximate surface area is 177 Å². The monoisotopic (exact) mass is 484 g/mol. The fourth-order valence-corrected chi connectivity index (χ4v) is 13.4. The van der Waals surface area contributed by atoms with Crippen LogP contribution >= 0.6 is 0 Å². The minimum absolute atomic E-state index is 1.48. The van der Waals surface area contributed by atoms with Gasteiger partial charge in [0.15, 0.2) is 0 Å². The molecule has 0 radical (unpaired) electrons. The molecule has 0 aliphatic heterocycles. The zero-order chi connectivity index (χ0) is 19.0. The number of hydrogen-bond donors (Lipinski definition) is 0. The molecule has 0 saturated heterocycles. The molecule has 4 aromatic rings. The molecule has 136 valence electrons. The first-order valence-corrected chi connectivity index (χ1v) is 15.3. The van der Waals surface area contributed by atoms with Crippen LogP contribution < -0.4 is 17.4 Å². The molecule has 0 fully saturated rings. The Balaban J connectivity index is 1.75. The molecule has 2 heteroatoms. The van der Waals surface area contributed by atoms with Gasteiger partial charge in [0, 0.05) is 0 Å². The second-order valence-corrected chi connectivity index (χ2v) is 15.1. The molecular formula is C26H22As2. The van der Waals surface area contributed by atoms with Crippen molar-refractivity contribution in [3.8, 4) is 0 Å². The van der Waals surface area contributed by atoms with Crippen molar-refractivity contribution in [1.29, 1.82) is 0 Å². The summed E-state index contributed by atoms with van der Waals surface area (Å²) in [5.41, 5.74) is 0. The Kier molecular flexibility index (Phi) is 6.67. The van der Waals surface area contributed by atoms with Gasteiger partial charge in [0.25, 0.3) is 0 Å². The second kappa shape index (κ2) is 9.79. The fourth-order valence-electron chi connectivity index (χ4n) is 3.13. The van der Waals surface area contributed by atoms with E-state index in [1.807, 2.05) is 0 Å². The van der Waals surface area contributed by atoms with Crippen LogP contribution in [0.1, 0.15) is 0 Å². The Morgan fingerprint density at radius 3 is 0.750 bits per heavy atom. The van der Waals surface area contributed by atoms with Crippen molar-refractivity contribution >= 4 is 46.7 Å². The van der Waals surface area contributed by atoms with Crippen LogP contribution in [0.2, 0.25) is 0 Å². The predicted molar refractivity (Wildman–Crippen MR) is 125 cm³/mol. The zero-order valence-electron chi connectivity index (χ0n) is 15.6. The van der Waals surface area contributed by atoms with E-state index in [-0.39, 0.29) is 0 Å². The topological polar surface area (TPSA) is 0 Å². The molecule has 0 spiro atoms. The summed E-state index contributed by atoms with van der Waals surface area (Å²) in [7, 11) is 0. The van der Waals surface area contributed by atoms with Crippen LogP contribution in [0.25, 0.3) is 0 Å². The Bertz CT molecular complexity index is 833. The quantitative estimate of drug-likeness (QED) is 0.369. The molecule has 0 amide bonds. The van der Waals surface area contributed by atoms with Crippen LogP contribution in [0, 0.1) is 0 Å². The first kappa shape index (κ1) is 19.1. The molecule has 0 unspecified atom stereocenters. The molecule has 4 rings (SSSR count). The van der Waals surface area contributed by atoms with Crippen molar-refractivity contribution in [3.05, 3.63) is 131 Å². The molecule has 0 atom stereocenters. The molecule has 0 aliphatic rings. The van der Waals surface area contributed by atoms with Crippen molar-refractivity contribution in [2.24, 2.45) is 0 Å². The standard InChI is InChI=1S/C26H22As2/c1-5-13-23(14-6-1)27(24-15-7-2-8-16-24)21-22-28(25-17-9-3-10-18-25)26-19-11-4-12-20-26/h1-22H. The summed E-state index contributed by atoms with van der Waals surface area (Å²) < 4.78 is 5.92. The first-order valence-electron chi connectivity index (χ1n) is 9.39. The minimum atomic E-state index is -1.48. The van der Waals surface area contributed by atoms with E-state index < -0.39 is 29.3 Å². The van der Waals surface area contributed by atoms with Gasteiger partial charge in [-0.15, -0.1) is 0 Å². The number of hydrogen-bond acceptors (Lipinski definition) is 0. The summed E-state index contributed by atoms with van der Waals surface area (Å²) >= 11 is -2.96. The summed E-state index contributed by atoms with van der Waals surface area (Å²) in [6.45, 7) is 0. The van der Waals surface area contributed by atoms with Crippen molar-refractivity contribution in [2.45, 2.75) is 0 Å². The molecule has 4 aromatic carbocycles. The van der Waals surface area contributed by atoms with Gasteiger partial charge in [0.1, 0.15) is 0 Å². The molecule has 0 heterocycles. The van der Waals surface area contributed by atoms with Crippen molar-refractivity contribution in [2.75, 3.05) is 0 Å². The van der Waals surface area contributed by atoms with Gasteiger partial charge < -0.3 is 0 Å². The van der Waals surface area contributed by atoms with E-state index in [0.29, 0.717) is 0 Å². The maximum atomic E-state index is 2.57. The predicted octanol–water partition coefficient (Wildman–Crippen LogP) is 3.24. The van der Waals surface area contributed by atoms with E-state index in [1.54, 1.807) is 0 Å². The Hall–Kier alpha value is -2.26. The van der Waals surface area contributed by atoms with Crippen LogP contribution in [0.3, 0.4) is 0 Å². The van der Waals surface area contributed by atoms with Gasteiger partial charge in [0.05, 0.1) is 0 Å². The molecule has 28 heavy (non-hydrogen) atoms. The van der Waals surface area contributed by atoms with E-state index in [9.17, 15) is 0 Å². The van der Waals surface area contributed by atoms with Gasteiger partial charge in [-0.3, -0.25) is 0 Å². The summed E-state index contributed by atoms with van der Waals surface area (Å²) in [6, 6.07) is 44.1. The first-order chi connectivity index (χ1) is 13.9. The Morgan fingerprint density at radius 1 is 0.321 bits per heavy atom. The van der Waals surface area contributed by atoms with Crippen LogP contribution in [-0.4, -0.2) is 29.3 Å². The number of benzene rings is 4. The maximum absolute atomic E-state index is 2.57. The third-order valence-electron chi connectivity index (χ3n) is 4.50. The van der Waals surface area contributed by atoms with Crippen molar-refractivity contribution < 1.29 is 0 Å². The summed E-state index contributed by atoms with van der Waals surface area (Å²) in [5, 5.41) is 0. The normalized spacial score (nSPS) is 11.4. The SMILES string of the molecule is C(=C[As](c1ccccc1)c1ccccc1)[As](c1ccccc1)c1ccccc1. The van der Waals surface area contributed by atoms with E-state index in [0.717, 1.165) is 0 Å². The average Bonchev–Trinajstić information content (AvgIpc) is 2.79. The second-order valence-electron chi connectivity index (χ2n) is 6.38. The molecular weight excluding hydrogens is 462 g/mol. The molecule has 0 aliphatic carbocycles. The fraction of sp³-hybridized carbons (Fsp3) is 0. The molecule has 0 aromatic heterocycles. The van der Waals surface area contributed by atoms with Gasteiger partial charge in [-0.2, -0.15) is 0 Å². The van der Waals surface area contributed by atoms with Crippen molar-refractivity contribution in [3.63, 3.8) is 0 Å². The van der Waals surface area contributed by atoms with Gasteiger partial charge in [-0.05, 0) is 0 Å². The van der Waals surface area contributed by atoms with Gasteiger partial charge >= 0.3 is 178 Å². The molecule has 0 nitrogen and oxygen atoms in total. The van der Waals surface area contributed by atoms with Crippen molar-refractivity contribution in [1.82, 2.24) is 0 Å². The third kappa shape index (κ3) is 4.77. The molecule has 0 N–H and O–H groups in total. The van der Waals surface area contributed by atoms with E-state index in [2.05, 4.69) is 131 Å². The van der Waals surface area contributed by atoms with E-state index in [4.69, 9.17) is 0 Å². The third-order valence-corrected chi connectivity index (χ3v) is 14.7. The van der Waals surface area contributed by atoms with Crippen LogP contribution in [0.15, 0.2) is 131 Å². The Morgan fingerprint density at radius 2 is 0.536 bits per heavy atom. The van der Waals surface area contributed by atoms with Crippen LogP contribution in [0.4, 0.5) is 0 Å². The van der Waals surface area contributed by atoms with E-state index >= 15 is 0 Å². The van der Waals surface area contributed by atoms with E-state index in [1.165, 1.54) is 17.4 Å². The zero-order valence-corrected chi connectivity index (χ0v) is 19.3. The number of rotatable bonds is 6. The van der Waals surface area contributed by atoms with Gasteiger partial charge in [-0.1, -0.05) is 0 Å².